The van der Waals surface area contributed by atoms with Crippen molar-refractivity contribution < 1.29 is 38.1 Å². The van der Waals surface area contributed by atoms with E-state index in [1.165, 1.54) is 39.5 Å². The van der Waals surface area contributed by atoms with Gasteiger partial charge < -0.3 is 28.8 Å². The van der Waals surface area contributed by atoms with Gasteiger partial charge in [0.1, 0.15) is 24.2 Å². The first-order valence-corrected chi connectivity index (χ1v) is 14.0. The van der Waals surface area contributed by atoms with Crippen LogP contribution in [-0.2, 0) is 44.7 Å². The number of carbonyl (C=O) groups is 4. The zero-order chi connectivity index (χ0) is 29.7. The van der Waals surface area contributed by atoms with Gasteiger partial charge in [-0.15, -0.1) is 0 Å². The van der Waals surface area contributed by atoms with Crippen LogP contribution in [0.25, 0.3) is 11.0 Å². The third-order valence-electron chi connectivity index (χ3n) is 6.17. The fraction of sp³-hybridized carbons (Fsp3) is 0.393. The fourth-order valence-corrected chi connectivity index (χ4v) is 5.91. The molecule has 4 rings (SSSR count). The zero-order valence-electron chi connectivity index (χ0n) is 22.9. The molecule has 0 unspecified atom stereocenters. The summed E-state index contributed by atoms with van der Waals surface area (Å²) in [5.41, 5.74) is 1.68. The van der Waals surface area contributed by atoms with Gasteiger partial charge in [0.15, 0.2) is 17.4 Å². The first-order chi connectivity index (χ1) is 19.5. The summed E-state index contributed by atoms with van der Waals surface area (Å²) in [6.45, 7) is 5.13. The highest BCUT2D eigenvalue weighted by Gasteiger charge is 2.51. The highest BCUT2D eigenvalue weighted by atomic mass is 35.5. The lowest BCUT2D eigenvalue weighted by Crippen LogP contribution is -2.65. The molecule has 41 heavy (non-hydrogen) atoms. The molecule has 0 spiro atoms. The van der Waals surface area contributed by atoms with Crippen LogP contribution in [0.3, 0.4) is 0 Å². The Morgan fingerprint density at radius 2 is 1.61 bits per heavy atom. The Morgan fingerprint density at radius 1 is 0.951 bits per heavy atom. The number of nitrogens with one attached hydrogen (secondary N) is 1. The molecule has 2 aromatic carbocycles. The molecule has 11 nitrogen and oxygen atoms in total. The quantitative estimate of drug-likeness (QED) is 0.286. The maximum Gasteiger partial charge on any atom is 0.303 e. The molecule has 1 aliphatic rings. The number of ether oxygens (including phenoxy) is 4. The van der Waals surface area contributed by atoms with Crippen LogP contribution in [0.1, 0.15) is 33.3 Å². The SMILES string of the molecule is CC(=O)N[C@H]1[C@@H](OC(C)=O)[C@H](OC(C)=O)[C@@H](COC(C)=O)O[C@H]1Sc1nc2ccccc2n1Cc1ccc(Cl)cc1. The third kappa shape index (κ3) is 7.78. The largest absolute Gasteiger partial charge is 0.463 e. The van der Waals surface area contributed by atoms with Crippen molar-refractivity contribution in [3.8, 4) is 0 Å². The lowest BCUT2D eigenvalue weighted by molar-refractivity contribution is -0.211. The monoisotopic (exact) mass is 603 g/mol. The van der Waals surface area contributed by atoms with Crippen molar-refractivity contribution in [1.82, 2.24) is 14.9 Å². The van der Waals surface area contributed by atoms with Crippen LogP contribution in [0.5, 0.6) is 0 Å². The minimum absolute atomic E-state index is 0.282. The number of benzene rings is 2. The Hall–Kier alpha value is -3.61. The first-order valence-electron chi connectivity index (χ1n) is 12.8. The normalized spacial score (nSPS) is 22.1. The number of carbonyl (C=O) groups excluding carboxylic acids is 4. The second-order valence-corrected chi connectivity index (χ2v) is 10.9. The van der Waals surface area contributed by atoms with Gasteiger partial charge >= 0.3 is 17.9 Å². The minimum atomic E-state index is -1.17. The van der Waals surface area contributed by atoms with E-state index in [1.807, 2.05) is 41.0 Å². The van der Waals surface area contributed by atoms with Crippen LogP contribution in [0.15, 0.2) is 53.7 Å². The standard InChI is InChI=1S/C28H30ClN3O8S/c1-15(33)30-24-26(39-18(4)36)25(38-17(3)35)23(14-37-16(2)34)40-27(24)41-28-31-21-7-5-6-8-22(21)32(28)13-19-9-11-20(29)12-10-19/h5-12,23-27H,13-14H2,1-4H3,(H,30,33)/t23-,24+,25-,26-,27+/m1/s1. The second kappa shape index (κ2) is 13.4. The second-order valence-electron chi connectivity index (χ2n) is 9.43. The van der Waals surface area contributed by atoms with E-state index in [4.69, 9.17) is 35.5 Å². The number of nitrogens with zero attached hydrogens (tertiary/aromatic N) is 2. The van der Waals surface area contributed by atoms with E-state index >= 15 is 0 Å². The number of rotatable bonds is 9. The number of esters is 3. The molecular formula is C28H30ClN3O8S. The summed E-state index contributed by atoms with van der Waals surface area (Å²) in [6, 6.07) is 14.1. The Morgan fingerprint density at radius 3 is 2.24 bits per heavy atom. The number of imidazole rings is 1. The van der Waals surface area contributed by atoms with E-state index in [0.29, 0.717) is 16.7 Å². The topological polar surface area (TPSA) is 135 Å². The van der Waals surface area contributed by atoms with Crippen molar-refractivity contribution in [1.29, 1.82) is 0 Å². The number of aromatic nitrogens is 2. The molecule has 0 bridgehead atoms. The average molecular weight is 604 g/mol. The highest BCUT2D eigenvalue weighted by molar-refractivity contribution is 7.99. The van der Waals surface area contributed by atoms with E-state index in [0.717, 1.165) is 16.6 Å². The summed E-state index contributed by atoms with van der Waals surface area (Å²) in [6.07, 6.45) is -3.33. The van der Waals surface area contributed by atoms with Crippen molar-refractivity contribution in [2.45, 2.75) is 69.2 Å². The van der Waals surface area contributed by atoms with Crippen LogP contribution in [-0.4, -0.2) is 69.8 Å². The molecule has 1 N–H and O–H groups in total. The molecule has 1 aliphatic heterocycles. The van der Waals surface area contributed by atoms with Crippen LogP contribution in [0, 0.1) is 0 Å². The molecule has 3 aromatic rings. The summed E-state index contributed by atoms with van der Waals surface area (Å²) in [7, 11) is 0. The van der Waals surface area contributed by atoms with Crippen LogP contribution in [0.4, 0.5) is 0 Å². The first kappa shape index (κ1) is 30.4. The molecule has 1 amide bonds. The predicted octanol–water partition coefficient (Wildman–Crippen LogP) is 3.49. The van der Waals surface area contributed by atoms with Gasteiger partial charge in [-0.05, 0) is 29.8 Å². The fourth-order valence-electron chi connectivity index (χ4n) is 4.56. The number of halogens is 1. The van der Waals surface area contributed by atoms with Crippen molar-refractivity contribution in [3.05, 3.63) is 59.1 Å². The Balaban J connectivity index is 1.76. The van der Waals surface area contributed by atoms with E-state index in [9.17, 15) is 19.2 Å². The van der Waals surface area contributed by atoms with Crippen molar-refractivity contribution in [2.75, 3.05) is 6.61 Å². The maximum absolute atomic E-state index is 12.3. The van der Waals surface area contributed by atoms with Crippen LogP contribution in [0.2, 0.25) is 5.02 Å². The summed E-state index contributed by atoms with van der Waals surface area (Å²) in [4.78, 5) is 53.0. The van der Waals surface area contributed by atoms with E-state index < -0.39 is 53.6 Å². The summed E-state index contributed by atoms with van der Waals surface area (Å²) in [5.74, 6) is -2.32. The van der Waals surface area contributed by atoms with Gasteiger partial charge in [0.05, 0.1) is 17.6 Å². The van der Waals surface area contributed by atoms with Gasteiger partial charge in [0, 0.05) is 32.7 Å². The van der Waals surface area contributed by atoms with Crippen LogP contribution >= 0.6 is 23.4 Å². The summed E-state index contributed by atoms with van der Waals surface area (Å²) < 4.78 is 24.6. The van der Waals surface area contributed by atoms with Crippen molar-refractivity contribution in [3.63, 3.8) is 0 Å². The lowest BCUT2D eigenvalue weighted by Gasteiger charge is -2.44. The van der Waals surface area contributed by atoms with Gasteiger partial charge in [-0.1, -0.05) is 47.6 Å². The maximum atomic E-state index is 12.3. The van der Waals surface area contributed by atoms with Gasteiger partial charge in [0.2, 0.25) is 5.91 Å². The smallest absolute Gasteiger partial charge is 0.303 e. The van der Waals surface area contributed by atoms with E-state index in [1.54, 1.807) is 12.1 Å². The molecule has 0 radical (unpaired) electrons. The number of para-hydroxylation sites is 2. The Labute approximate surface area is 245 Å². The van der Waals surface area contributed by atoms with Crippen LogP contribution < -0.4 is 5.32 Å². The van der Waals surface area contributed by atoms with E-state index in [-0.39, 0.29) is 6.61 Å². The number of hydrogen-bond acceptors (Lipinski definition) is 10. The molecule has 1 aromatic heterocycles. The molecular weight excluding hydrogens is 574 g/mol. The zero-order valence-corrected chi connectivity index (χ0v) is 24.4. The molecule has 0 aliphatic carbocycles. The van der Waals surface area contributed by atoms with Gasteiger partial charge in [-0.25, -0.2) is 4.98 Å². The van der Waals surface area contributed by atoms with Crippen molar-refractivity contribution in [2.24, 2.45) is 0 Å². The van der Waals surface area contributed by atoms with E-state index in [2.05, 4.69) is 5.32 Å². The Kier molecular flexibility index (Phi) is 9.90. The lowest BCUT2D eigenvalue weighted by atomic mass is 9.97. The average Bonchev–Trinajstić information content (AvgIpc) is 3.23. The number of hydrogen-bond donors (Lipinski definition) is 1. The minimum Gasteiger partial charge on any atom is -0.463 e. The molecule has 1 fully saturated rings. The number of amides is 1. The van der Waals surface area contributed by atoms with Gasteiger partial charge in [-0.2, -0.15) is 0 Å². The summed E-state index contributed by atoms with van der Waals surface area (Å²) in [5, 5.41) is 3.96. The number of thioether (sulfide) groups is 1. The molecule has 5 atom stereocenters. The molecule has 2 heterocycles. The van der Waals surface area contributed by atoms with Gasteiger partial charge in [-0.3, -0.25) is 19.2 Å². The summed E-state index contributed by atoms with van der Waals surface area (Å²) >= 11 is 7.28. The predicted molar refractivity (Wildman–Crippen MR) is 150 cm³/mol. The molecule has 13 heteroatoms. The molecule has 1 saturated heterocycles. The molecule has 218 valence electrons. The number of fused-ring (bicyclic) bond motifs is 1. The van der Waals surface area contributed by atoms with Crippen molar-refractivity contribution >= 4 is 58.2 Å². The molecule has 0 saturated carbocycles. The Bertz CT molecular complexity index is 1430. The third-order valence-corrected chi connectivity index (χ3v) is 7.58. The van der Waals surface area contributed by atoms with Gasteiger partial charge in [0.25, 0.3) is 0 Å². The highest BCUT2D eigenvalue weighted by Crippen LogP contribution is 2.37.